The van der Waals surface area contributed by atoms with E-state index in [-0.39, 0.29) is 18.4 Å². The monoisotopic (exact) mass is 352 g/mol. The van der Waals surface area contributed by atoms with E-state index < -0.39 is 0 Å². The summed E-state index contributed by atoms with van der Waals surface area (Å²) in [4.78, 5) is 19.4. The van der Waals surface area contributed by atoms with Crippen LogP contribution in [-0.4, -0.2) is 40.8 Å². The van der Waals surface area contributed by atoms with Crippen LogP contribution in [0.15, 0.2) is 52.4 Å². The summed E-state index contributed by atoms with van der Waals surface area (Å²) >= 11 is 1.45. The predicted octanol–water partition coefficient (Wildman–Crippen LogP) is 3.51. The number of rotatable bonds is 2. The Balaban J connectivity index is 1.58. The number of nitrogens with zero attached hydrogens (tertiary/aromatic N) is 2. The Morgan fingerprint density at radius 3 is 2.96 bits per heavy atom. The zero-order valence-corrected chi connectivity index (χ0v) is 14.7. The van der Waals surface area contributed by atoms with Gasteiger partial charge in [-0.1, -0.05) is 42.5 Å². The number of fused-ring (bicyclic) bond motifs is 1. The van der Waals surface area contributed by atoms with Crippen molar-refractivity contribution < 1.29 is 9.90 Å². The van der Waals surface area contributed by atoms with Gasteiger partial charge in [-0.15, -0.1) is 0 Å². The molecule has 1 fully saturated rings. The lowest BCUT2D eigenvalue weighted by molar-refractivity contribution is -0.113. The third-order valence-corrected chi connectivity index (χ3v) is 5.81. The third-order valence-electron chi connectivity index (χ3n) is 4.77. The normalized spacial score (nSPS) is 22.7. The Morgan fingerprint density at radius 1 is 1.24 bits per heavy atom. The van der Waals surface area contributed by atoms with Gasteiger partial charge in [-0.05, 0) is 52.9 Å². The van der Waals surface area contributed by atoms with Gasteiger partial charge in [0.05, 0.1) is 4.91 Å². The highest BCUT2D eigenvalue weighted by Gasteiger charge is 2.29. The fourth-order valence-corrected chi connectivity index (χ4v) is 4.38. The molecule has 25 heavy (non-hydrogen) atoms. The first-order valence-corrected chi connectivity index (χ1v) is 9.42. The zero-order valence-electron chi connectivity index (χ0n) is 13.9. The number of aliphatic hydroxyl groups excluding tert-OH is 1. The Kier molecular flexibility index (Phi) is 4.59. The molecule has 1 atom stereocenters. The summed E-state index contributed by atoms with van der Waals surface area (Å²) in [5.41, 5.74) is 1.04. The average Bonchev–Trinajstić information content (AvgIpc) is 3.03. The Morgan fingerprint density at radius 2 is 2.08 bits per heavy atom. The molecule has 2 aromatic rings. The zero-order chi connectivity index (χ0) is 17.2. The molecule has 1 unspecified atom stereocenters. The molecule has 2 aromatic carbocycles. The van der Waals surface area contributed by atoms with Gasteiger partial charge in [0.25, 0.3) is 5.91 Å². The number of benzene rings is 2. The molecule has 2 aliphatic rings. The number of thioether (sulfide) groups is 1. The fraction of sp³-hybridized carbons (Fsp3) is 0.300. The van der Waals surface area contributed by atoms with Crippen LogP contribution in [0.2, 0.25) is 0 Å². The van der Waals surface area contributed by atoms with Crippen molar-refractivity contribution in [2.75, 3.05) is 19.7 Å². The molecular weight excluding hydrogens is 332 g/mol. The van der Waals surface area contributed by atoms with Crippen molar-refractivity contribution in [3.8, 4) is 0 Å². The number of piperidine rings is 1. The van der Waals surface area contributed by atoms with Crippen LogP contribution >= 0.6 is 11.8 Å². The van der Waals surface area contributed by atoms with Crippen molar-refractivity contribution in [3.05, 3.63) is 52.9 Å². The number of amidine groups is 1. The first-order chi connectivity index (χ1) is 12.2. The van der Waals surface area contributed by atoms with E-state index in [1.54, 1.807) is 0 Å². The van der Waals surface area contributed by atoms with E-state index >= 15 is 0 Å². The Bertz CT molecular complexity index is 870. The number of carbonyl (C=O) groups excluding carboxylic acids is 1. The molecule has 4 nitrogen and oxygen atoms in total. The second-order valence-corrected chi connectivity index (χ2v) is 7.52. The Hall–Kier alpha value is -2.11. The summed E-state index contributed by atoms with van der Waals surface area (Å²) in [5.74, 6) is 0.109. The van der Waals surface area contributed by atoms with Crippen LogP contribution in [0.1, 0.15) is 18.4 Å². The first-order valence-electron chi connectivity index (χ1n) is 8.61. The molecule has 0 saturated carbocycles. The van der Waals surface area contributed by atoms with Gasteiger partial charge < -0.3 is 10.0 Å². The van der Waals surface area contributed by atoms with Crippen molar-refractivity contribution in [3.63, 3.8) is 0 Å². The molecule has 4 rings (SSSR count). The molecule has 128 valence electrons. The lowest BCUT2D eigenvalue weighted by Crippen LogP contribution is -2.39. The molecular formula is C20H20N2O2S. The molecule has 1 amide bonds. The van der Waals surface area contributed by atoms with Gasteiger partial charge in [-0.25, -0.2) is 0 Å². The summed E-state index contributed by atoms with van der Waals surface area (Å²) in [7, 11) is 0. The minimum atomic E-state index is -0.168. The van der Waals surface area contributed by atoms with E-state index in [1.807, 2.05) is 30.3 Å². The van der Waals surface area contributed by atoms with Gasteiger partial charge in [0, 0.05) is 19.7 Å². The topological polar surface area (TPSA) is 52.9 Å². The van der Waals surface area contributed by atoms with Crippen LogP contribution in [-0.2, 0) is 4.79 Å². The number of hydrogen-bond donors (Lipinski definition) is 1. The number of aliphatic hydroxyl groups is 1. The second kappa shape index (κ2) is 7.02. The molecule has 5 heteroatoms. The van der Waals surface area contributed by atoms with E-state index in [2.05, 4.69) is 28.1 Å². The number of carbonyl (C=O) groups is 1. The molecule has 1 N–H and O–H groups in total. The average molecular weight is 352 g/mol. The SMILES string of the molecule is O=C1N=C(N2CCCC(CO)C2)SC1=Cc1cccc2ccccc12. The van der Waals surface area contributed by atoms with Crippen LogP contribution in [0.5, 0.6) is 0 Å². The van der Waals surface area contributed by atoms with E-state index in [0.29, 0.717) is 4.91 Å². The fourth-order valence-electron chi connectivity index (χ4n) is 3.44. The smallest absolute Gasteiger partial charge is 0.286 e. The number of likely N-dealkylation sites (tertiary alicyclic amines) is 1. The predicted molar refractivity (Wildman–Crippen MR) is 103 cm³/mol. The minimum Gasteiger partial charge on any atom is -0.396 e. The van der Waals surface area contributed by atoms with Gasteiger partial charge in [0.2, 0.25) is 0 Å². The van der Waals surface area contributed by atoms with Crippen LogP contribution in [0.4, 0.5) is 0 Å². The summed E-state index contributed by atoms with van der Waals surface area (Å²) < 4.78 is 0. The van der Waals surface area contributed by atoms with Gasteiger partial charge >= 0.3 is 0 Å². The lowest BCUT2D eigenvalue weighted by Gasteiger charge is -2.32. The quantitative estimate of drug-likeness (QED) is 0.841. The maximum Gasteiger partial charge on any atom is 0.286 e. The molecule has 2 aliphatic heterocycles. The van der Waals surface area contributed by atoms with Crippen molar-refractivity contribution in [1.82, 2.24) is 4.90 Å². The molecule has 2 heterocycles. The summed E-state index contributed by atoms with van der Waals surface area (Å²) in [6, 6.07) is 14.3. The second-order valence-electron chi connectivity index (χ2n) is 6.52. The first kappa shape index (κ1) is 16.4. The minimum absolute atomic E-state index is 0.168. The summed E-state index contributed by atoms with van der Waals surface area (Å²) in [6.45, 7) is 1.87. The highest BCUT2D eigenvalue weighted by atomic mass is 32.2. The lowest BCUT2D eigenvalue weighted by atomic mass is 10.00. The van der Waals surface area contributed by atoms with Crippen LogP contribution in [0.3, 0.4) is 0 Å². The van der Waals surface area contributed by atoms with Gasteiger partial charge in [0.1, 0.15) is 0 Å². The highest BCUT2D eigenvalue weighted by molar-refractivity contribution is 8.18. The van der Waals surface area contributed by atoms with Crippen LogP contribution in [0.25, 0.3) is 16.8 Å². The van der Waals surface area contributed by atoms with Crippen molar-refractivity contribution in [1.29, 1.82) is 0 Å². The molecule has 0 bridgehead atoms. The Labute approximate surface area is 151 Å². The van der Waals surface area contributed by atoms with Crippen molar-refractivity contribution in [2.24, 2.45) is 10.9 Å². The molecule has 0 radical (unpaired) electrons. The standard InChI is InChI=1S/C20H20N2O2S/c23-13-14-5-4-10-22(12-14)20-21-19(24)18(25-20)11-16-8-3-7-15-6-1-2-9-17(15)16/h1-3,6-9,11,14,23H,4-5,10,12-13H2. The van der Waals surface area contributed by atoms with Gasteiger partial charge in [0.15, 0.2) is 5.17 Å². The maximum atomic E-state index is 12.4. The van der Waals surface area contributed by atoms with Gasteiger partial charge in [-0.3, -0.25) is 4.79 Å². The van der Waals surface area contributed by atoms with Crippen LogP contribution < -0.4 is 0 Å². The van der Waals surface area contributed by atoms with E-state index in [9.17, 15) is 9.90 Å². The van der Waals surface area contributed by atoms with Crippen molar-refractivity contribution >= 4 is 39.7 Å². The van der Waals surface area contributed by atoms with Gasteiger partial charge in [-0.2, -0.15) is 4.99 Å². The molecule has 1 saturated heterocycles. The number of aliphatic imine (C=N–C) groups is 1. The molecule has 0 spiro atoms. The van der Waals surface area contributed by atoms with E-state index in [1.165, 1.54) is 11.8 Å². The molecule has 0 aromatic heterocycles. The largest absolute Gasteiger partial charge is 0.396 e. The summed E-state index contributed by atoms with van der Waals surface area (Å²) in [6.07, 6.45) is 4.01. The van der Waals surface area contributed by atoms with Crippen molar-refractivity contribution in [2.45, 2.75) is 12.8 Å². The van der Waals surface area contributed by atoms with Crippen LogP contribution in [0, 0.1) is 5.92 Å². The summed E-state index contributed by atoms with van der Waals surface area (Å²) in [5, 5.41) is 12.5. The van der Waals surface area contributed by atoms with E-state index in [4.69, 9.17) is 0 Å². The number of amides is 1. The molecule has 0 aliphatic carbocycles. The highest BCUT2D eigenvalue weighted by Crippen LogP contribution is 2.33. The number of hydrogen-bond acceptors (Lipinski definition) is 4. The third kappa shape index (κ3) is 3.34. The maximum absolute atomic E-state index is 12.4. The van der Waals surface area contributed by atoms with E-state index in [0.717, 1.165) is 47.4 Å².